The van der Waals surface area contributed by atoms with Crippen molar-refractivity contribution in [2.75, 3.05) is 0 Å². The molecule has 1 heteroatoms. The maximum atomic E-state index is 3.66. The third kappa shape index (κ3) is 2.68. The lowest BCUT2D eigenvalue weighted by molar-refractivity contribution is 0.666. The Kier molecular flexibility index (Phi) is 4.18. The van der Waals surface area contributed by atoms with Crippen molar-refractivity contribution in [1.82, 2.24) is 0 Å². The molecular formula is C28H24Si. The highest BCUT2D eigenvalue weighted by atomic mass is 28.1. The molecule has 1 unspecified atom stereocenters. The van der Waals surface area contributed by atoms with E-state index < -0.39 is 0 Å². The second-order valence-corrected chi connectivity index (χ2v) is 8.97. The van der Waals surface area contributed by atoms with Crippen LogP contribution < -0.4 is 0 Å². The highest BCUT2D eigenvalue weighted by molar-refractivity contribution is 6.34. The Morgan fingerprint density at radius 1 is 0.828 bits per heavy atom. The van der Waals surface area contributed by atoms with Gasteiger partial charge in [-0.1, -0.05) is 104 Å². The van der Waals surface area contributed by atoms with Gasteiger partial charge in [0, 0.05) is 21.2 Å². The first-order valence-corrected chi connectivity index (χ1v) is 10.8. The summed E-state index contributed by atoms with van der Waals surface area (Å²) >= 11 is 0. The predicted octanol–water partition coefficient (Wildman–Crippen LogP) is 6.55. The molecule has 1 atom stereocenters. The Balaban J connectivity index is 1.83. The van der Waals surface area contributed by atoms with Gasteiger partial charge in [0.15, 0.2) is 0 Å². The monoisotopic (exact) mass is 388 g/mol. The van der Waals surface area contributed by atoms with Gasteiger partial charge in [0.2, 0.25) is 0 Å². The van der Waals surface area contributed by atoms with Crippen molar-refractivity contribution < 1.29 is 0 Å². The van der Waals surface area contributed by atoms with E-state index in [1.807, 2.05) is 0 Å². The number of hydrogen-bond acceptors (Lipinski definition) is 0. The Morgan fingerprint density at radius 2 is 1.55 bits per heavy atom. The first kappa shape index (κ1) is 18.3. The van der Waals surface area contributed by atoms with Gasteiger partial charge >= 0.3 is 0 Å². The van der Waals surface area contributed by atoms with Gasteiger partial charge in [-0.05, 0) is 51.4 Å². The van der Waals surface area contributed by atoms with Crippen molar-refractivity contribution in [3.8, 4) is 11.1 Å². The van der Waals surface area contributed by atoms with Gasteiger partial charge in [0.05, 0.1) is 0 Å². The standard InChI is InChI=1S/C28H24Si/c1-18-15-20-11-7-8-12-22(20)26(18)23-13-14-25-24(16-21(17-29)28(25,2)3)27(23)19-9-5-4-6-10-19/h4-17,26H,1-3H3. The average Bonchev–Trinajstić information content (AvgIpc) is 3.20. The van der Waals surface area contributed by atoms with Crippen LogP contribution in [0.3, 0.4) is 0 Å². The Bertz CT molecular complexity index is 1190. The second-order valence-electron chi connectivity index (χ2n) is 8.68. The van der Waals surface area contributed by atoms with Gasteiger partial charge in [0.25, 0.3) is 0 Å². The molecule has 0 fully saturated rings. The lowest BCUT2D eigenvalue weighted by atomic mass is 9.77. The number of allylic oxidation sites excluding steroid dienone is 2. The molecule has 2 radical (unpaired) electrons. The highest BCUT2D eigenvalue weighted by Crippen LogP contribution is 2.50. The summed E-state index contributed by atoms with van der Waals surface area (Å²) in [4.78, 5) is 0. The fourth-order valence-electron chi connectivity index (χ4n) is 5.10. The molecule has 29 heavy (non-hydrogen) atoms. The summed E-state index contributed by atoms with van der Waals surface area (Å²) in [7, 11) is 3.66. The topological polar surface area (TPSA) is 0 Å². The summed E-state index contributed by atoms with van der Waals surface area (Å²) in [6.45, 7) is 6.89. The van der Waals surface area contributed by atoms with Crippen LogP contribution in [0, 0.1) is 0 Å². The molecule has 2 aliphatic rings. The SMILES string of the molecule is CC1=Cc2ccccc2C1c1ccc2c(c1-c1ccccc1)C=C(C=[Si])C2(C)C. The zero-order chi connectivity index (χ0) is 20.2. The number of rotatable bonds is 3. The van der Waals surface area contributed by atoms with E-state index in [1.54, 1.807) is 0 Å². The van der Waals surface area contributed by atoms with Gasteiger partial charge in [-0.25, -0.2) is 0 Å². The van der Waals surface area contributed by atoms with E-state index in [4.69, 9.17) is 0 Å². The van der Waals surface area contributed by atoms with Gasteiger partial charge in [-0.2, -0.15) is 0 Å². The van der Waals surface area contributed by atoms with E-state index in [2.05, 4.69) is 115 Å². The number of fused-ring (bicyclic) bond motifs is 2. The van der Waals surface area contributed by atoms with Crippen LogP contribution in [0.25, 0.3) is 23.3 Å². The first-order chi connectivity index (χ1) is 14.0. The highest BCUT2D eigenvalue weighted by Gasteiger charge is 2.35. The fraction of sp³-hybridized carbons (Fsp3) is 0.179. The minimum Gasteiger partial charge on any atom is -0.0768 e. The average molecular weight is 389 g/mol. The lowest BCUT2D eigenvalue weighted by Gasteiger charge is -2.26. The maximum Gasteiger partial charge on any atom is 0.0311 e. The molecule has 2 aliphatic carbocycles. The molecule has 3 aromatic rings. The van der Waals surface area contributed by atoms with Crippen molar-refractivity contribution in [1.29, 1.82) is 0 Å². The van der Waals surface area contributed by atoms with Crippen LogP contribution >= 0.6 is 0 Å². The van der Waals surface area contributed by atoms with E-state index >= 15 is 0 Å². The Morgan fingerprint density at radius 3 is 2.31 bits per heavy atom. The summed E-state index contributed by atoms with van der Waals surface area (Å²) in [5.41, 5.74) is 14.4. The van der Waals surface area contributed by atoms with Gasteiger partial charge in [-0.15, -0.1) is 0 Å². The van der Waals surface area contributed by atoms with Crippen molar-refractivity contribution >= 4 is 27.7 Å². The molecule has 0 aromatic heterocycles. The van der Waals surface area contributed by atoms with Crippen molar-refractivity contribution in [2.45, 2.75) is 32.1 Å². The zero-order valence-corrected chi connectivity index (χ0v) is 18.2. The molecule has 0 heterocycles. The summed E-state index contributed by atoms with van der Waals surface area (Å²) < 4.78 is 0. The van der Waals surface area contributed by atoms with Crippen molar-refractivity contribution in [3.63, 3.8) is 0 Å². The van der Waals surface area contributed by atoms with Crippen LogP contribution in [0.2, 0.25) is 0 Å². The van der Waals surface area contributed by atoms with Crippen LogP contribution in [0.4, 0.5) is 0 Å². The van der Waals surface area contributed by atoms with Crippen molar-refractivity contribution in [2.24, 2.45) is 0 Å². The van der Waals surface area contributed by atoms with Crippen LogP contribution in [0.1, 0.15) is 54.5 Å². The molecule has 0 N–H and O–H groups in total. The largest absolute Gasteiger partial charge is 0.0768 e. The minimum atomic E-state index is -0.00237. The van der Waals surface area contributed by atoms with E-state index in [0.717, 1.165) is 0 Å². The zero-order valence-electron chi connectivity index (χ0n) is 17.2. The Hall–Kier alpha value is -2.77. The van der Waals surface area contributed by atoms with Crippen LogP contribution in [-0.4, -0.2) is 15.5 Å². The molecule has 140 valence electrons. The van der Waals surface area contributed by atoms with Crippen LogP contribution in [0.5, 0.6) is 0 Å². The first-order valence-electron chi connectivity index (χ1n) is 10.2. The van der Waals surface area contributed by atoms with Crippen molar-refractivity contribution in [3.05, 3.63) is 106 Å². The third-order valence-electron chi connectivity index (χ3n) is 6.65. The van der Waals surface area contributed by atoms with Gasteiger partial charge < -0.3 is 0 Å². The smallest absolute Gasteiger partial charge is 0.0311 e. The summed E-state index contributed by atoms with van der Waals surface area (Å²) in [5, 5.41) is 0. The molecule has 0 bridgehead atoms. The van der Waals surface area contributed by atoms with E-state index in [0.29, 0.717) is 5.92 Å². The molecule has 3 aromatic carbocycles. The minimum absolute atomic E-state index is 0.00237. The molecule has 0 amide bonds. The maximum absolute atomic E-state index is 3.66. The third-order valence-corrected chi connectivity index (χ3v) is 6.96. The van der Waals surface area contributed by atoms with E-state index in [1.165, 1.54) is 50.1 Å². The van der Waals surface area contributed by atoms with Gasteiger partial charge in [-0.3, -0.25) is 0 Å². The van der Waals surface area contributed by atoms with E-state index in [9.17, 15) is 0 Å². The molecule has 5 rings (SSSR count). The number of hydrogen-bond donors (Lipinski definition) is 0. The predicted molar refractivity (Wildman–Crippen MR) is 127 cm³/mol. The van der Waals surface area contributed by atoms with Crippen LogP contribution in [-0.2, 0) is 5.41 Å². The molecule has 0 saturated carbocycles. The molecule has 0 aliphatic heterocycles. The van der Waals surface area contributed by atoms with Gasteiger partial charge in [0.1, 0.15) is 0 Å². The molecule has 0 saturated heterocycles. The second kappa shape index (κ2) is 6.64. The number of benzene rings is 3. The lowest BCUT2D eigenvalue weighted by Crippen LogP contribution is -2.18. The normalized spacial score (nSPS) is 18.7. The van der Waals surface area contributed by atoms with Crippen LogP contribution in [0.15, 0.2) is 77.9 Å². The molecule has 0 spiro atoms. The summed E-state index contributed by atoms with van der Waals surface area (Å²) in [6, 6.07) is 24.4. The molecular weight excluding hydrogens is 364 g/mol. The Labute approximate surface area is 176 Å². The summed E-state index contributed by atoms with van der Waals surface area (Å²) in [6.07, 6.45) is 4.72. The quantitative estimate of drug-likeness (QED) is 0.446. The van der Waals surface area contributed by atoms with E-state index in [-0.39, 0.29) is 5.41 Å². The molecule has 0 nitrogen and oxygen atoms in total. The fourth-order valence-corrected chi connectivity index (χ4v) is 5.55. The summed E-state index contributed by atoms with van der Waals surface area (Å²) in [5.74, 6) is 0.305.